The normalized spacial score (nSPS) is 30.5. The first kappa shape index (κ1) is 15.1. The zero-order valence-electron chi connectivity index (χ0n) is 13.8. The largest absolute Gasteiger partial charge is 0.310 e. The molecule has 116 valence electrons. The predicted molar refractivity (Wildman–Crippen MR) is 89.5 cm³/mol. The van der Waals surface area contributed by atoms with Gasteiger partial charge in [0.1, 0.15) is 0 Å². The Morgan fingerprint density at radius 2 is 1.90 bits per heavy atom. The van der Waals surface area contributed by atoms with Crippen molar-refractivity contribution in [2.75, 3.05) is 13.6 Å². The number of rotatable bonds is 5. The van der Waals surface area contributed by atoms with Gasteiger partial charge in [-0.05, 0) is 62.7 Å². The number of nitrogens with zero attached hydrogens (tertiary/aromatic N) is 1. The van der Waals surface area contributed by atoms with Crippen molar-refractivity contribution in [1.82, 2.24) is 10.2 Å². The van der Waals surface area contributed by atoms with Gasteiger partial charge in [-0.1, -0.05) is 38.1 Å². The molecule has 3 unspecified atom stereocenters. The first-order valence-corrected chi connectivity index (χ1v) is 8.77. The van der Waals surface area contributed by atoms with E-state index in [2.05, 4.69) is 55.4 Å². The first-order valence-electron chi connectivity index (χ1n) is 8.77. The number of hydrogen-bond acceptors (Lipinski definition) is 2. The molecule has 2 fully saturated rings. The van der Waals surface area contributed by atoms with Crippen LogP contribution in [0.15, 0.2) is 24.3 Å². The Kier molecular flexibility index (Phi) is 4.66. The first-order chi connectivity index (χ1) is 10.2. The van der Waals surface area contributed by atoms with E-state index in [0.29, 0.717) is 6.04 Å². The molecule has 0 spiro atoms. The van der Waals surface area contributed by atoms with Gasteiger partial charge in [0.2, 0.25) is 0 Å². The summed E-state index contributed by atoms with van der Waals surface area (Å²) in [5, 5.41) is 3.79. The van der Waals surface area contributed by atoms with Gasteiger partial charge in [-0.15, -0.1) is 0 Å². The third-order valence-corrected chi connectivity index (χ3v) is 5.75. The van der Waals surface area contributed by atoms with E-state index in [1.165, 1.54) is 36.8 Å². The van der Waals surface area contributed by atoms with Crippen molar-refractivity contribution in [3.8, 4) is 0 Å². The zero-order chi connectivity index (χ0) is 14.8. The lowest BCUT2D eigenvalue weighted by atomic mass is 9.81. The number of nitrogens with one attached hydrogen (secondary N) is 1. The van der Waals surface area contributed by atoms with E-state index < -0.39 is 0 Å². The Labute approximate surface area is 129 Å². The van der Waals surface area contributed by atoms with Crippen LogP contribution in [0.5, 0.6) is 0 Å². The van der Waals surface area contributed by atoms with Crippen LogP contribution < -0.4 is 5.32 Å². The molecule has 3 atom stereocenters. The molecule has 0 saturated carbocycles. The Balaban J connectivity index is 1.81. The monoisotopic (exact) mass is 286 g/mol. The van der Waals surface area contributed by atoms with Crippen molar-refractivity contribution >= 4 is 0 Å². The van der Waals surface area contributed by atoms with Gasteiger partial charge in [0.15, 0.2) is 0 Å². The maximum atomic E-state index is 3.79. The highest BCUT2D eigenvalue weighted by atomic mass is 15.2. The summed E-state index contributed by atoms with van der Waals surface area (Å²) in [7, 11) is 2.33. The summed E-state index contributed by atoms with van der Waals surface area (Å²) in [5.74, 6) is 0.797. The van der Waals surface area contributed by atoms with Crippen molar-refractivity contribution in [3.63, 3.8) is 0 Å². The van der Waals surface area contributed by atoms with E-state index in [0.717, 1.165) is 31.0 Å². The summed E-state index contributed by atoms with van der Waals surface area (Å²) in [6.07, 6.45) is 6.67. The quantitative estimate of drug-likeness (QED) is 0.886. The number of benzene rings is 1. The SMILES string of the molecule is CCNC(c1cccc(CC)c1)C1CC2CCC(C1)N2C. The molecular formula is C19H30N2. The number of piperidine rings is 1. The molecular weight excluding hydrogens is 256 g/mol. The van der Waals surface area contributed by atoms with Gasteiger partial charge in [0, 0.05) is 18.1 Å². The lowest BCUT2D eigenvalue weighted by Crippen LogP contribution is -2.43. The standard InChI is InChI=1S/C19H30N2/c1-4-14-7-6-8-15(11-14)19(20-5-2)16-12-17-9-10-18(13-16)21(17)3/h6-8,11,16-20H,4-5,9-10,12-13H2,1-3H3. The van der Waals surface area contributed by atoms with E-state index in [4.69, 9.17) is 0 Å². The summed E-state index contributed by atoms with van der Waals surface area (Å²) in [6, 6.07) is 11.4. The fraction of sp³-hybridized carbons (Fsp3) is 0.684. The highest BCUT2D eigenvalue weighted by Gasteiger charge is 2.41. The van der Waals surface area contributed by atoms with Gasteiger partial charge in [0.25, 0.3) is 0 Å². The molecule has 0 aliphatic carbocycles. The fourth-order valence-electron chi connectivity index (χ4n) is 4.51. The number of aryl methyl sites for hydroxylation is 1. The molecule has 3 rings (SSSR count). The molecule has 2 aliphatic rings. The van der Waals surface area contributed by atoms with Crippen LogP contribution in [0.25, 0.3) is 0 Å². The van der Waals surface area contributed by atoms with Gasteiger partial charge in [-0.3, -0.25) is 0 Å². The minimum Gasteiger partial charge on any atom is -0.310 e. The minimum absolute atomic E-state index is 0.540. The van der Waals surface area contributed by atoms with Gasteiger partial charge < -0.3 is 10.2 Å². The molecule has 2 aliphatic heterocycles. The molecule has 2 nitrogen and oxygen atoms in total. The predicted octanol–water partition coefficient (Wildman–Crippen LogP) is 3.77. The Morgan fingerprint density at radius 1 is 1.19 bits per heavy atom. The average molecular weight is 286 g/mol. The lowest BCUT2D eigenvalue weighted by Gasteiger charge is -2.40. The second-order valence-electron chi connectivity index (χ2n) is 6.92. The summed E-state index contributed by atoms with van der Waals surface area (Å²) < 4.78 is 0. The molecule has 0 aromatic heterocycles. The summed E-state index contributed by atoms with van der Waals surface area (Å²) in [5.41, 5.74) is 2.97. The fourth-order valence-corrected chi connectivity index (χ4v) is 4.51. The van der Waals surface area contributed by atoms with E-state index in [1.807, 2.05) is 0 Å². The van der Waals surface area contributed by atoms with Crippen LogP contribution in [-0.2, 0) is 6.42 Å². The minimum atomic E-state index is 0.540. The molecule has 21 heavy (non-hydrogen) atoms. The molecule has 1 N–H and O–H groups in total. The van der Waals surface area contributed by atoms with Crippen LogP contribution in [0.3, 0.4) is 0 Å². The summed E-state index contributed by atoms with van der Waals surface area (Å²) in [6.45, 7) is 5.54. The highest BCUT2D eigenvalue weighted by molar-refractivity contribution is 5.27. The number of fused-ring (bicyclic) bond motifs is 2. The molecule has 1 aromatic carbocycles. The van der Waals surface area contributed by atoms with Crippen LogP contribution in [0.1, 0.15) is 56.7 Å². The van der Waals surface area contributed by atoms with Gasteiger partial charge in [-0.2, -0.15) is 0 Å². The maximum absolute atomic E-state index is 3.79. The third-order valence-electron chi connectivity index (χ3n) is 5.75. The van der Waals surface area contributed by atoms with E-state index >= 15 is 0 Å². The zero-order valence-corrected chi connectivity index (χ0v) is 13.8. The Hall–Kier alpha value is -0.860. The smallest absolute Gasteiger partial charge is 0.0349 e. The molecule has 0 radical (unpaired) electrons. The third kappa shape index (κ3) is 3.02. The van der Waals surface area contributed by atoms with Gasteiger partial charge in [0.05, 0.1) is 0 Å². The highest BCUT2D eigenvalue weighted by Crippen LogP contribution is 2.42. The Morgan fingerprint density at radius 3 is 2.52 bits per heavy atom. The van der Waals surface area contributed by atoms with Crippen molar-refractivity contribution in [1.29, 1.82) is 0 Å². The maximum Gasteiger partial charge on any atom is 0.0349 e. The van der Waals surface area contributed by atoms with Crippen LogP contribution in [-0.4, -0.2) is 30.6 Å². The lowest BCUT2D eigenvalue weighted by molar-refractivity contribution is 0.113. The second kappa shape index (κ2) is 6.50. The topological polar surface area (TPSA) is 15.3 Å². The van der Waals surface area contributed by atoms with Gasteiger partial charge >= 0.3 is 0 Å². The molecule has 1 aromatic rings. The van der Waals surface area contributed by atoms with Crippen molar-refractivity contribution in [3.05, 3.63) is 35.4 Å². The molecule has 2 bridgehead atoms. The van der Waals surface area contributed by atoms with Crippen LogP contribution in [0, 0.1) is 5.92 Å². The van der Waals surface area contributed by atoms with Crippen LogP contribution >= 0.6 is 0 Å². The van der Waals surface area contributed by atoms with E-state index in [-0.39, 0.29) is 0 Å². The van der Waals surface area contributed by atoms with Crippen molar-refractivity contribution in [2.45, 2.75) is 64.1 Å². The summed E-state index contributed by atoms with van der Waals surface area (Å²) in [4.78, 5) is 2.64. The molecule has 2 saturated heterocycles. The van der Waals surface area contributed by atoms with Crippen molar-refractivity contribution < 1.29 is 0 Å². The Bertz CT molecular complexity index is 456. The molecule has 0 amide bonds. The van der Waals surface area contributed by atoms with Crippen LogP contribution in [0.4, 0.5) is 0 Å². The number of hydrogen-bond donors (Lipinski definition) is 1. The van der Waals surface area contributed by atoms with Crippen LogP contribution in [0.2, 0.25) is 0 Å². The molecule has 2 heteroatoms. The second-order valence-corrected chi connectivity index (χ2v) is 6.92. The molecule has 2 heterocycles. The average Bonchev–Trinajstić information content (AvgIpc) is 2.74. The van der Waals surface area contributed by atoms with Crippen molar-refractivity contribution in [2.24, 2.45) is 5.92 Å². The summed E-state index contributed by atoms with van der Waals surface area (Å²) >= 11 is 0. The van der Waals surface area contributed by atoms with Gasteiger partial charge in [-0.25, -0.2) is 0 Å². The van der Waals surface area contributed by atoms with E-state index in [9.17, 15) is 0 Å². The van der Waals surface area contributed by atoms with E-state index in [1.54, 1.807) is 0 Å².